The Morgan fingerprint density at radius 1 is 1.09 bits per heavy atom. The van der Waals surface area contributed by atoms with Crippen molar-refractivity contribution in [3.8, 4) is 5.75 Å². The standard InChI is InChI=1S/C23H26N2O6S/c1-14-21(16-8-6-7-9-17(16)24-14)18(26)13-31-22(27)15-10-11-19(30-5)20(12-15)32(28,29)25-23(2,3)4/h6-12,24-25H,13H2,1-5H3. The first kappa shape index (κ1) is 23.5. The smallest absolute Gasteiger partial charge is 0.338 e. The Hall–Kier alpha value is -3.17. The van der Waals surface area contributed by atoms with Gasteiger partial charge in [0.05, 0.1) is 12.7 Å². The van der Waals surface area contributed by atoms with Crippen LogP contribution in [0.4, 0.5) is 0 Å². The van der Waals surface area contributed by atoms with Gasteiger partial charge in [0.15, 0.2) is 6.61 Å². The van der Waals surface area contributed by atoms with E-state index in [0.717, 1.165) is 10.9 Å². The summed E-state index contributed by atoms with van der Waals surface area (Å²) in [5, 5.41) is 0.747. The molecule has 3 aromatic rings. The predicted molar refractivity (Wildman–Crippen MR) is 121 cm³/mol. The summed E-state index contributed by atoms with van der Waals surface area (Å²) in [7, 11) is -2.63. The van der Waals surface area contributed by atoms with Gasteiger partial charge in [-0.3, -0.25) is 4.79 Å². The molecule has 0 unspecified atom stereocenters. The van der Waals surface area contributed by atoms with Crippen molar-refractivity contribution in [3.63, 3.8) is 0 Å². The highest BCUT2D eigenvalue weighted by atomic mass is 32.2. The summed E-state index contributed by atoms with van der Waals surface area (Å²) in [5.74, 6) is -1.08. The highest BCUT2D eigenvalue weighted by molar-refractivity contribution is 7.89. The van der Waals surface area contributed by atoms with Gasteiger partial charge >= 0.3 is 5.97 Å². The molecule has 9 heteroatoms. The molecule has 1 heterocycles. The van der Waals surface area contributed by atoms with Crippen molar-refractivity contribution in [1.29, 1.82) is 0 Å². The maximum absolute atomic E-state index is 12.8. The number of para-hydroxylation sites is 1. The van der Waals surface area contributed by atoms with Gasteiger partial charge in [-0.15, -0.1) is 0 Å². The average Bonchev–Trinajstić information content (AvgIpc) is 3.05. The molecule has 0 saturated carbocycles. The number of hydrogen-bond donors (Lipinski definition) is 2. The summed E-state index contributed by atoms with van der Waals surface area (Å²) in [4.78, 5) is 28.3. The molecule has 0 saturated heterocycles. The molecule has 2 N–H and O–H groups in total. The van der Waals surface area contributed by atoms with Crippen LogP contribution in [0.25, 0.3) is 10.9 Å². The predicted octanol–water partition coefficient (Wildman–Crippen LogP) is 3.60. The second-order valence-corrected chi connectivity index (χ2v) is 10.0. The average molecular weight is 459 g/mol. The van der Waals surface area contributed by atoms with Crippen molar-refractivity contribution in [3.05, 3.63) is 59.3 Å². The number of rotatable bonds is 7. The van der Waals surface area contributed by atoms with Crippen molar-refractivity contribution in [2.75, 3.05) is 13.7 Å². The van der Waals surface area contributed by atoms with Crippen LogP contribution in [0.2, 0.25) is 0 Å². The molecule has 170 valence electrons. The quantitative estimate of drug-likeness (QED) is 0.413. The third-order valence-electron chi connectivity index (χ3n) is 4.64. The lowest BCUT2D eigenvalue weighted by atomic mass is 10.1. The van der Waals surface area contributed by atoms with Crippen molar-refractivity contribution < 1.29 is 27.5 Å². The molecule has 0 aliphatic rings. The minimum atomic E-state index is -3.97. The van der Waals surface area contributed by atoms with Gasteiger partial charge in [-0.05, 0) is 52.0 Å². The topological polar surface area (TPSA) is 115 Å². The molecule has 2 aromatic carbocycles. The summed E-state index contributed by atoms with van der Waals surface area (Å²) >= 11 is 0. The Morgan fingerprint density at radius 3 is 2.44 bits per heavy atom. The van der Waals surface area contributed by atoms with Gasteiger partial charge in [-0.1, -0.05) is 18.2 Å². The van der Waals surface area contributed by atoms with Crippen LogP contribution in [-0.2, 0) is 14.8 Å². The molecular formula is C23H26N2O6S. The van der Waals surface area contributed by atoms with Crippen LogP contribution >= 0.6 is 0 Å². The number of nitrogens with one attached hydrogen (secondary N) is 2. The van der Waals surface area contributed by atoms with Gasteiger partial charge in [0, 0.05) is 27.7 Å². The summed E-state index contributed by atoms with van der Waals surface area (Å²) in [6.07, 6.45) is 0. The summed E-state index contributed by atoms with van der Waals surface area (Å²) in [6.45, 7) is 6.40. The van der Waals surface area contributed by atoms with Crippen LogP contribution in [0.3, 0.4) is 0 Å². The van der Waals surface area contributed by atoms with E-state index in [-0.39, 0.29) is 22.0 Å². The van der Waals surface area contributed by atoms with E-state index in [1.54, 1.807) is 27.7 Å². The van der Waals surface area contributed by atoms with Gasteiger partial charge in [0.2, 0.25) is 15.8 Å². The van der Waals surface area contributed by atoms with Gasteiger partial charge < -0.3 is 14.5 Å². The number of aryl methyl sites for hydroxylation is 1. The normalized spacial score (nSPS) is 12.0. The zero-order valence-electron chi connectivity index (χ0n) is 18.6. The molecule has 32 heavy (non-hydrogen) atoms. The maximum atomic E-state index is 12.8. The molecule has 3 rings (SSSR count). The number of ether oxygens (including phenoxy) is 2. The van der Waals surface area contributed by atoms with E-state index in [9.17, 15) is 18.0 Å². The fraction of sp³-hybridized carbons (Fsp3) is 0.304. The number of esters is 1. The number of hydrogen-bond acceptors (Lipinski definition) is 6. The van der Waals surface area contributed by atoms with Gasteiger partial charge in [0.25, 0.3) is 0 Å². The van der Waals surface area contributed by atoms with Crippen molar-refractivity contribution in [1.82, 2.24) is 9.71 Å². The number of fused-ring (bicyclic) bond motifs is 1. The van der Waals surface area contributed by atoms with E-state index in [4.69, 9.17) is 9.47 Å². The number of sulfonamides is 1. The number of methoxy groups -OCH3 is 1. The second kappa shape index (κ2) is 8.76. The number of H-pyrrole nitrogens is 1. The van der Waals surface area contributed by atoms with Crippen LogP contribution in [0.5, 0.6) is 5.75 Å². The molecule has 0 amide bonds. The Labute approximate surface area is 187 Å². The Morgan fingerprint density at radius 2 is 1.78 bits per heavy atom. The number of carbonyl (C=O) groups excluding carboxylic acids is 2. The van der Waals surface area contributed by atoms with E-state index in [1.165, 1.54) is 25.3 Å². The van der Waals surface area contributed by atoms with Gasteiger partial charge in [-0.2, -0.15) is 0 Å². The Kier molecular flexibility index (Phi) is 6.43. The molecule has 0 radical (unpaired) electrons. The SMILES string of the molecule is COc1ccc(C(=O)OCC(=O)c2c(C)[nH]c3ccccc23)cc1S(=O)(=O)NC(C)(C)C. The highest BCUT2D eigenvalue weighted by Crippen LogP contribution is 2.27. The van der Waals surface area contributed by atoms with Crippen LogP contribution in [0, 0.1) is 6.92 Å². The van der Waals surface area contributed by atoms with Gasteiger partial charge in [-0.25, -0.2) is 17.9 Å². The molecule has 0 aliphatic heterocycles. The molecule has 8 nitrogen and oxygen atoms in total. The van der Waals surface area contributed by atoms with E-state index in [0.29, 0.717) is 11.3 Å². The highest BCUT2D eigenvalue weighted by Gasteiger charge is 2.27. The molecule has 0 fully saturated rings. The minimum absolute atomic E-state index is 0.0106. The largest absolute Gasteiger partial charge is 0.495 e. The fourth-order valence-corrected chi connectivity index (χ4v) is 5.01. The molecular weight excluding hydrogens is 432 g/mol. The van der Waals surface area contributed by atoms with Crippen LogP contribution < -0.4 is 9.46 Å². The lowest BCUT2D eigenvalue weighted by Gasteiger charge is -2.21. The number of Topliss-reactive ketones (excluding diaryl/α,β-unsaturated/α-hetero) is 1. The Balaban J connectivity index is 1.82. The van der Waals surface area contributed by atoms with Crippen molar-refractivity contribution >= 4 is 32.7 Å². The number of ketones is 1. The third-order valence-corrected chi connectivity index (χ3v) is 6.42. The second-order valence-electron chi connectivity index (χ2n) is 8.39. The van der Waals surface area contributed by atoms with Crippen molar-refractivity contribution in [2.45, 2.75) is 38.1 Å². The Bertz CT molecular complexity index is 1290. The first-order valence-corrected chi connectivity index (χ1v) is 11.4. The van der Waals surface area contributed by atoms with E-state index in [1.807, 2.05) is 24.3 Å². The minimum Gasteiger partial charge on any atom is -0.495 e. The first-order valence-electron chi connectivity index (χ1n) is 9.92. The lowest BCUT2D eigenvalue weighted by Crippen LogP contribution is -2.40. The van der Waals surface area contributed by atoms with E-state index in [2.05, 4.69) is 9.71 Å². The van der Waals surface area contributed by atoms with E-state index < -0.39 is 28.1 Å². The lowest BCUT2D eigenvalue weighted by molar-refractivity contribution is 0.0474. The summed E-state index contributed by atoms with van der Waals surface area (Å²) in [5.41, 5.74) is 1.21. The first-order chi connectivity index (χ1) is 14.9. The van der Waals surface area contributed by atoms with E-state index >= 15 is 0 Å². The molecule has 0 aliphatic carbocycles. The molecule has 1 aromatic heterocycles. The maximum Gasteiger partial charge on any atom is 0.338 e. The third kappa shape index (κ3) is 5.00. The van der Waals surface area contributed by atoms with Gasteiger partial charge in [0.1, 0.15) is 10.6 Å². The summed E-state index contributed by atoms with van der Waals surface area (Å²) < 4.78 is 38.5. The fourth-order valence-electron chi connectivity index (χ4n) is 3.39. The molecule has 0 atom stereocenters. The summed E-state index contributed by atoms with van der Waals surface area (Å²) in [6, 6.07) is 11.3. The van der Waals surface area contributed by atoms with Crippen LogP contribution in [0.1, 0.15) is 47.2 Å². The molecule has 0 bridgehead atoms. The molecule has 0 spiro atoms. The van der Waals surface area contributed by atoms with Crippen LogP contribution in [0.15, 0.2) is 47.4 Å². The zero-order valence-corrected chi connectivity index (χ0v) is 19.4. The number of carbonyl (C=O) groups is 2. The zero-order chi connectivity index (χ0) is 23.7. The number of aromatic amines is 1. The number of benzene rings is 2. The number of aromatic nitrogens is 1. The van der Waals surface area contributed by atoms with Crippen LogP contribution in [-0.4, -0.2) is 44.4 Å². The van der Waals surface area contributed by atoms with Crippen molar-refractivity contribution in [2.24, 2.45) is 0 Å². The monoisotopic (exact) mass is 458 g/mol.